The highest BCUT2D eigenvalue weighted by Gasteiger charge is 2.25. The maximum Gasteiger partial charge on any atom is 0.297 e. The summed E-state index contributed by atoms with van der Waals surface area (Å²) in [6.07, 6.45) is 5.09. The lowest BCUT2D eigenvalue weighted by atomic mass is 9.82. The van der Waals surface area contributed by atoms with E-state index in [9.17, 15) is 4.79 Å². The molecule has 0 bridgehead atoms. The zero-order chi connectivity index (χ0) is 24.8. The topological polar surface area (TPSA) is 56.1 Å². The first-order valence-corrected chi connectivity index (χ1v) is 13.0. The minimum absolute atomic E-state index is 0.0785. The van der Waals surface area contributed by atoms with Gasteiger partial charge in [0.25, 0.3) is 6.01 Å². The van der Waals surface area contributed by atoms with Crippen LogP contribution in [0.4, 0.5) is 4.39 Å². The molecule has 1 aliphatic rings. The van der Waals surface area contributed by atoms with Crippen LogP contribution in [0.3, 0.4) is 0 Å². The summed E-state index contributed by atoms with van der Waals surface area (Å²) >= 11 is 4.54. The quantitative estimate of drug-likeness (QED) is 0.331. The van der Waals surface area contributed by atoms with E-state index in [0.29, 0.717) is 42.6 Å². The summed E-state index contributed by atoms with van der Waals surface area (Å²) in [4.78, 5) is 17.4. The molecule has 1 amide bonds. The van der Waals surface area contributed by atoms with Crippen LogP contribution in [-0.2, 0) is 24.3 Å². The van der Waals surface area contributed by atoms with Crippen molar-refractivity contribution in [1.82, 2.24) is 14.9 Å². The van der Waals surface area contributed by atoms with Gasteiger partial charge in [0.2, 0.25) is 5.91 Å². The fraction of sp³-hybridized carbons (Fsp3) is 0.429. The van der Waals surface area contributed by atoms with E-state index in [-0.39, 0.29) is 23.5 Å². The lowest BCUT2D eigenvalue weighted by Crippen LogP contribution is -2.34. The van der Waals surface area contributed by atoms with Gasteiger partial charge in [0.1, 0.15) is 5.82 Å². The van der Waals surface area contributed by atoms with E-state index < -0.39 is 0 Å². The van der Waals surface area contributed by atoms with Gasteiger partial charge in [0.05, 0.1) is 36.3 Å². The molecule has 5 nitrogen and oxygen atoms in total. The number of ether oxygens (including phenoxy) is 1. The predicted octanol–water partition coefficient (Wildman–Crippen LogP) is 5.80. The second-order valence-corrected chi connectivity index (χ2v) is 9.69. The lowest BCUT2D eigenvalue weighted by molar-refractivity contribution is -0.121. The zero-order valence-electron chi connectivity index (χ0n) is 20.5. The fourth-order valence-corrected chi connectivity index (χ4v) is 4.94. The molecule has 0 saturated heterocycles. The van der Waals surface area contributed by atoms with Crippen molar-refractivity contribution in [2.45, 2.75) is 64.3 Å². The van der Waals surface area contributed by atoms with Gasteiger partial charge in [-0.3, -0.25) is 9.36 Å². The van der Waals surface area contributed by atoms with Crippen LogP contribution in [-0.4, -0.2) is 27.3 Å². The number of carbonyl (C=O) groups excluding carboxylic acids is 1. The normalized spacial score (nSPS) is 14.4. The Morgan fingerprint density at radius 3 is 2.63 bits per heavy atom. The second kappa shape index (κ2) is 11.8. The van der Waals surface area contributed by atoms with Gasteiger partial charge in [-0.1, -0.05) is 74.7 Å². The molecule has 0 spiro atoms. The van der Waals surface area contributed by atoms with E-state index in [2.05, 4.69) is 22.9 Å². The number of benzene rings is 2. The highest BCUT2D eigenvalue weighted by molar-refractivity contribution is 7.81. The number of rotatable bonds is 11. The predicted molar refractivity (Wildman–Crippen MR) is 140 cm³/mol. The van der Waals surface area contributed by atoms with Crippen LogP contribution < -0.4 is 10.1 Å². The van der Waals surface area contributed by atoms with E-state index in [1.807, 2.05) is 54.8 Å². The number of carbonyl (C=O) groups is 1. The maximum absolute atomic E-state index is 15.6. The zero-order valence-corrected chi connectivity index (χ0v) is 21.4. The number of aromatic nitrogens is 2. The Hall–Kier alpha value is -2.80. The van der Waals surface area contributed by atoms with Crippen molar-refractivity contribution in [3.63, 3.8) is 0 Å². The minimum Gasteiger partial charge on any atom is -0.465 e. The number of hydrogen-bond acceptors (Lipinski definition) is 4. The summed E-state index contributed by atoms with van der Waals surface area (Å²) in [5, 5.41) is 2.71. The lowest BCUT2D eigenvalue weighted by Gasteiger charge is -2.27. The average molecular weight is 496 g/mol. The number of imidazole rings is 1. The van der Waals surface area contributed by atoms with Crippen LogP contribution in [0.1, 0.15) is 56.5 Å². The summed E-state index contributed by atoms with van der Waals surface area (Å²) in [7, 11) is 0. The molecule has 0 radical (unpaired) electrons. The van der Waals surface area contributed by atoms with Crippen LogP contribution in [0.15, 0.2) is 48.5 Å². The molecule has 0 unspecified atom stereocenters. The van der Waals surface area contributed by atoms with Gasteiger partial charge in [-0.25, -0.2) is 4.39 Å². The van der Waals surface area contributed by atoms with Crippen molar-refractivity contribution in [1.29, 1.82) is 0 Å². The summed E-state index contributed by atoms with van der Waals surface area (Å²) in [5.74, 6) is 0.258. The first-order chi connectivity index (χ1) is 17.0. The van der Waals surface area contributed by atoms with Crippen molar-refractivity contribution in [3.8, 4) is 17.1 Å². The van der Waals surface area contributed by atoms with Crippen LogP contribution in [0.2, 0.25) is 0 Å². The molecule has 1 aliphatic carbocycles. The Morgan fingerprint density at radius 2 is 1.97 bits per heavy atom. The number of nitrogens with one attached hydrogen (secondary N) is 1. The van der Waals surface area contributed by atoms with E-state index in [4.69, 9.17) is 4.74 Å². The summed E-state index contributed by atoms with van der Waals surface area (Å²) in [6.45, 7) is 4.91. The highest BCUT2D eigenvalue weighted by atomic mass is 32.1. The Kier molecular flexibility index (Phi) is 8.50. The van der Waals surface area contributed by atoms with Gasteiger partial charge in [-0.2, -0.15) is 17.6 Å². The number of amides is 1. The Bertz CT molecular complexity index is 1140. The third-order valence-corrected chi connectivity index (χ3v) is 7.18. The molecule has 1 saturated carbocycles. The minimum atomic E-state index is -0.326. The molecule has 1 atom stereocenters. The molecule has 3 aromatic rings. The van der Waals surface area contributed by atoms with Gasteiger partial charge < -0.3 is 10.1 Å². The van der Waals surface area contributed by atoms with Crippen molar-refractivity contribution < 1.29 is 13.9 Å². The monoisotopic (exact) mass is 495 g/mol. The first-order valence-electron chi connectivity index (χ1n) is 12.5. The van der Waals surface area contributed by atoms with Crippen LogP contribution in [0.25, 0.3) is 11.1 Å². The third-order valence-electron chi connectivity index (χ3n) is 6.73. The number of nitrogens with zero attached hydrogens (tertiary/aromatic N) is 2. The average Bonchev–Trinajstić information content (AvgIpc) is 3.17. The number of hydrogen-bond donors (Lipinski definition) is 2. The van der Waals surface area contributed by atoms with E-state index in [1.165, 1.54) is 19.3 Å². The summed E-state index contributed by atoms with van der Waals surface area (Å²) < 4.78 is 23.3. The molecule has 1 N–H and O–H groups in total. The summed E-state index contributed by atoms with van der Waals surface area (Å²) in [6, 6.07) is 15.4. The molecule has 4 rings (SSSR count). The smallest absolute Gasteiger partial charge is 0.297 e. The van der Waals surface area contributed by atoms with E-state index >= 15 is 4.39 Å². The molecule has 2 aromatic carbocycles. The molecule has 1 aromatic heterocycles. The van der Waals surface area contributed by atoms with Gasteiger partial charge in [-0.05, 0) is 31.2 Å². The molecule has 35 heavy (non-hydrogen) atoms. The first kappa shape index (κ1) is 25.3. The standard InChI is InChI=1S/C28H34FN3O2S/c1-3-23-24(17-30-27(33)25(35)16-19-10-8-11-19)32(28(31-23)34-4-2)18-21-14-9-15-22(26(21)29)20-12-6-5-7-13-20/h5-7,9,12-15,19,25,35H,3-4,8,10-11,16-18H2,1-2H3,(H,30,33)/t25-/m0/s1. The molecule has 1 fully saturated rings. The molecular weight excluding hydrogens is 461 g/mol. The van der Waals surface area contributed by atoms with E-state index in [0.717, 1.165) is 23.4 Å². The molecule has 1 heterocycles. The highest BCUT2D eigenvalue weighted by Crippen LogP contribution is 2.32. The summed E-state index contributed by atoms with van der Waals surface area (Å²) in [5.41, 5.74) is 3.59. The molecule has 7 heteroatoms. The number of halogens is 1. The number of aryl methyl sites for hydroxylation is 1. The van der Waals surface area contributed by atoms with Crippen molar-refractivity contribution in [3.05, 3.63) is 71.3 Å². The largest absolute Gasteiger partial charge is 0.465 e. The Labute approximate surface area is 212 Å². The van der Waals surface area contributed by atoms with Gasteiger partial charge in [0.15, 0.2) is 0 Å². The van der Waals surface area contributed by atoms with E-state index in [1.54, 1.807) is 12.1 Å². The van der Waals surface area contributed by atoms with Gasteiger partial charge in [-0.15, -0.1) is 0 Å². The van der Waals surface area contributed by atoms with Crippen molar-refractivity contribution in [2.75, 3.05) is 6.61 Å². The van der Waals surface area contributed by atoms with Crippen LogP contribution in [0, 0.1) is 11.7 Å². The van der Waals surface area contributed by atoms with Gasteiger partial charge in [0, 0.05) is 11.1 Å². The Balaban J connectivity index is 1.59. The number of thiol groups is 1. The SMILES string of the molecule is CCOc1nc(CC)c(CNC(=O)[C@@H](S)CC2CCC2)n1Cc1cccc(-c2ccccc2)c1F. The maximum atomic E-state index is 15.6. The molecular formula is C28H34FN3O2S. The molecule has 186 valence electrons. The van der Waals surface area contributed by atoms with Crippen LogP contribution in [0.5, 0.6) is 6.01 Å². The van der Waals surface area contributed by atoms with Crippen molar-refractivity contribution in [2.24, 2.45) is 5.92 Å². The second-order valence-electron chi connectivity index (χ2n) is 9.07. The third kappa shape index (κ3) is 5.89. The van der Waals surface area contributed by atoms with Crippen molar-refractivity contribution >= 4 is 18.5 Å². The molecule has 0 aliphatic heterocycles. The fourth-order valence-electron chi connectivity index (χ4n) is 4.55. The van der Waals surface area contributed by atoms with Gasteiger partial charge >= 0.3 is 0 Å². The van der Waals surface area contributed by atoms with Crippen LogP contribution >= 0.6 is 12.6 Å². The Morgan fingerprint density at radius 1 is 1.20 bits per heavy atom.